The van der Waals surface area contributed by atoms with Gasteiger partial charge in [-0.2, -0.15) is 22.7 Å². The Labute approximate surface area is 216 Å². The van der Waals surface area contributed by atoms with Crippen LogP contribution in [0.5, 0.6) is 5.75 Å². The molecule has 1 amide bonds. The van der Waals surface area contributed by atoms with Crippen molar-refractivity contribution in [1.29, 1.82) is 0 Å². The lowest BCUT2D eigenvalue weighted by molar-refractivity contribution is -0.272. The van der Waals surface area contributed by atoms with E-state index < -0.39 is 58.8 Å². The van der Waals surface area contributed by atoms with E-state index in [1.807, 2.05) is 0 Å². The van der Waals surface area contributed by atoms with Gasteiger partial charge < -0.3 is 24.3 Å². The van der Waals surface area contributed by atoms with Crippen molar-refractivity contribution in [3.05, 3.63) is 41.1 Å². The van der Waals surface area contributed by atoms with E-state index in [2.05, 4.69) is 10.4 Å². The summed E-state index contributed by atoms with van der Waals surface area (Å²) in [7, 11) is 2.71. The summed E-state index contributed by atoms with van der Waals surface area (Å²) in [5.74, 6) is -7.44. The number of carbonyl (C=O) groups excluding carboxylic acids is 1. The predicted molar refractivity (Wildman–Crippen MR) is 125 cm³/mol. The first kappa shape index (κ1) is 28.2. The maximum Gasteiger partial charge on any atom is 0.417 e. The molecule has 0 spiro atoms. The molecule has 210 valence electrons. The van der Waals surface area contributed by atoms with Gasteiger partial charge in [-0.05, 0) is 26.8 Å². The van der Waals surface area contributed by atoms with Crippen LogP contribution in [0.1, 0.15) is 44.9 Å². The van der Waals surface area contributed by atoms with E-state index in [0.29, 0.717) is 18.7 Å². The van der Waals surface area contributed by atoms with Crippen LogP contribution < -0.4 is 10.1 Å². The quantitative estimate of drug-likeness (QED) is 0.537. The van der Waals surface area contributed by atoms with E-state index in [1.165, 1.54) is 11.6 Å². The molecule has 0 bridgehead atoms. The van der Waals surface area contributed by atoms with Crippen molar-refractivity contribution in [3.8, 4) is 5.75 Å². The number of hydrogen-bond donors (Lipinski definition) is 1. The van der Waals surface area contributed by atoms with E-state index in [-0.39, 0.29) is 17.5 Å². The second-order valence-electron chi connectivity index (χ2n) is 10.2. The minimum absolute atomic E-state index is 0.0820. The Balaban J connectivity index is 1.63. The summed E-state index contributed by atoms with van der Waals surface area (Å²) in [6.45, 7) is 6.02. The van der Waals surface area contributed by atoms with E-state index >= 15 is 0 Å². The highest BCUT2D eigenvalue weighted by Gasteiger charge is 2.66. The van der Waals surface area contributed by atoms with Gasteiger partial charge in [-0.25, -0.2) is 4.39 Å². The Bertz CT molecular complexity index is 1220. The van der Waals surface area contributed by atoms with Gasteiger partial charge in [0.25, 0.3) is 5.91 Å². The Hall–Kier alpha value is -2.77. The van der Waals surface area contributed by atoms with Gasteiger partial charge in [0.1, 0.15) is 6.10 Å². The Morgan fingerprint density at radius 1 is 1.24 bits per heavy atom. The Morgan fingerprint density at radius 2 is 1.92 bits per heavy atom. The zero-order valence-electron chi connectivity index (χ0n) is 21.8. The molecule has 13 heteroatoms. The molecule has 1 N–H and O–H groups in total. The Morgan fingerprint density at radius 3 is 2.50 bits per heavy atom. The molecule has 2 aromatic rings. The van der Waals surface area contributed by atoms with Crippen molar-refractivity contribution in [2.24, 2.45) is 13.0 Å². The number of halogens is 5. The number of ether oxygens (including phenoxy) is 4. The number of benzene rings is 1. The molecule has 5 unspecified atom stereocenters. The second kappa shape index (κ2) is 9.76. The number of nitrogens with one attached hydrogen (secondary N) is 1. The van der Waals surface area contributed by atoms with Crippen molar-refractivity contribution >= 4 is 11.7 Å². The monoisotopic (exact) mass is 547 g/mol. The summed E-state index contributed by atoms with van der Waals surface area (Å²) >= 11 is 0. The van der Waals surface area contributed by atoms with Gasteiger partial charge in [-0.3, -0.25) is 9.48 Å². The Kier molecular flexibility index (Phi) is 7.25. The third-order valence-electron chi connectivity index (χ3n) is 7.30. The van der Waals surface area contributed by atoms with Gasteiger partial charge >= 0.3 is 6.18 Å². The first-order valence-corrected chi connectivity index (χ1v) is 12.0. The lowest BCUT2D eigenvalue weighted by Crippen LogP contribution is -2.47. The average molecular weight is 548 g/mol. The van der Waals surface area contributed by atoms with Crippen LogP contribution in [0.15, 0.2) is 18.2 Å². The smallest absolute Gasteiger partial charge is 0.417 e. The number of carbonyl (C=O) groups is 1. The highest BCUT2D eigenvalue weighted by atomic mass is 19.4. The zero-order chi connectivity index (χ0) is 28.2. The number of rotatable bonds is 6. The molecule has 2 aliphatic heterocycles. The van der Waals surface area contributed by atoms with Crippen LogP contribution in [0, 0.1) is 17.6 Å². The number of amides is 1. The first-order chi connectivity index (χ1) is 17.6. The van der Waals surface area contributed by atoms with Crippen molar-refractivity contribution in [1.82, 2.24) is 9.78 Å². The predicted octanol–water partition coefficient (Wildman–Crippen LogP) is 4.48. The van der Waals surface area contributed by atoms with Gasteiger partial charge in [0.05, 0.1) is 19.8 Å². The van der Waals surface area contributed by atoms with Crippen molar-refractivity contribution in [2.45, 2.75) is 69.8 Å². The molecule has 0 aliphatic carbocycles. The number of anilines is 1. The maximum absolute atomic E-state index is 14.5. The van der Waals surface area contributed by atoms with Crippen LogP contribution in [-0.4, -0.2) is 59.2 Å². The number of nitrogens with zero attached hydrogens (tertiary/aromatic N) is 2. The van der Waals surface area contributed by atoms with Gasteiger partial charge in [0.15, 0.2) is 28.8 Å². The normalized spacial score (nSPS) is 29.0. The van der Waals surface area contributed by atoms with E-state index in [9.17, 15) is 26.7 Å². The van der Waals surface area contributed by atoms with Gasteiger partial charge in [-0.1, -0.05) is 13.0 Å². The van der Waals surface area contributed by atoms with Gasteiger partial charge in [0, 0.05) is 42.6 Å². The molecule has 2 aliphatic rings. The molecule has 5 atom stereocenters. The van der Waals surface area contributed by atoms with Crippen LogP contribution in [0.3, 0.4) is 0 Å². The van der Waals surface area contributed by atoms with E-state index in [1.54, 1.807) is 27.0 Å². The number of methoxy groups -OCH3 is 1. The topological polar surface area (TPSA) is 83.8 Å². The van der Waals surface area contributed by atoms with Gasteiger partial charge in [0.2, 0.25) is 5.82 Å². The summed E-state index contributed by atoms with van der Waals surface area (Å²) in [5, 5.41) is 6.75. The average Bonchev–Trinajstić information content (AvgIpc) is 3.43. The van der Waals surface area contributed by atoms with Crippen LogP contribution in [0.25, 0.3) is 0 Å². The summed E-state index contributed by atoms with van der Waals surface area (Å²) in [4.78, 5) is 13.4. The molecule has 1 aromatic heterocycles. The third-order valence-corrected chi connectivity index (χ3v) is 7.30. The summed E-state index contributed by atoms with van der Waals surface area (Å²) in [6.07, 6.45) is -6.41. The SMILES string of the molecule is COc1c(C2C(C(=O)Nc3cc(CC4COC(C)(C)O4)n(C)n3)OC(C)(C(F)(F)F)C2C)ccc(F)c1F. The molecule has 1 aromatic carbocycles. The lowest BCUT2D eigenvalue weighted by atomic mass is 9.77. The molecule has 8 nitrogen and oxygen atoms in total. The number of alkyl halides is 3. The van der Waals surface area contributed by atoms with Crippen molar-refractivity contribution in [3.63, 3.8) is 0 Å². The highest BCUT2D eigenvalue weighted by Crippen LogP contribution is 2.55. The summed E-state index contributed by atoms with van der Waals surface area (Å²) in [6, 6.07) is 3.45. The first-order valence-electron chi connectivity index (χ1n) is 12.0. The fraction of sp³-hybridized carbons (Fsp3) is 0.600. The number of hydrogen-bond acceptors (Lipinski definition) is 6. The highest BCUT2D eigenvalue weighted by molar-refractivity contribution is 5.94. The van der Waals surface area contributed by atoms with Gasteiger partial charge in [-0.15, -0.1) is 0 Å². The molecule has 0 radical (unpaired) electrons. The van der Waals surface area contributed by atoms with Crippen LogP contribution in [0.2, 0.25) is 0 Å². The zero-order valence-corrected chi connectivity index (χ0v) is 21.8. The summed E-state index contributed by atoms with van der Waals surface area (Å²) in [5.41, 5.74) is -2.18. The number of aromatic nitrogens is 2. The maximum atomic E-state index is 14.5. The molecule has 2 fully saturated rings. The third kappa shape index (κ3) is 4.98. The molecular weight excluding hydrogens is 517 g/mol. The van der Waals surface area contributed by atoms with Crippen LogP contribution in [-0.2, 0) is 32.5 Å². The summed E-state index contributed by atoms with van der Waals surface area (Å²) < 4.78 is 94.0. The minimum atomic E-state index is -4.86. The number of aryl methyl sites for hydroxylation is 1. The standard InChI is InChI=1S/C25H30F5N3O5/c1-12-18(15-7-8-16(26)19(27)20(15)35-6)21(38-24(12,4)25(28,29)30)22(34)31-17-10-13(33(5)32-17)9-14-11-36-23(2,3)37-14/h7-8,10,12,14,18,21H,9,11H2,1-6H3,(H,31,32,34). The molecule has 0 saturated carbocycles. The molecule has 2 saturated heterocycles. The largest absolute Gasteiger partial charge is 0.493 e. The molecule has 38 heavy (non-hydrogen) atoms. The van der Waals surface area contributed by atoms with E-state index in [0.717, 1.165) is 26.2 Å². The molecular formula is C25H30F5N3O5. The van der Waals surface area contributed by atoms with E-state index in [4.69, 9.17) is 18.9 Å². The van der Waals surface area contributed by atoms with Crippen molar-refractivity contribution < 1.29 is 45.7 Å². The molecule has 4 rings (SSSR count). The minimum Gasteiger partial charge on any atom is -0.493 e. The van der Waals surface area contributed by atoms with Crippen molar-refractivity contribution in [2.75, 3.05) is 19.0 Å². The second-order valence-corrected chi connectivity index (χ2v) is 10.2. The lowest BCUT2D eigenvalue weighted by Gasteiger charge is -2.32. The fourth-order valence-corrected chi connectivity index (χ4v) is 5.09. The van der Waals surface area contributed by atoms with Crippen LogP contribution in [0.4, 0.5) is 27.8 Å². The van der Waals surface area contributed by atoms with Crippen LogP contribution >= 0.6 is 0 Å². The fourth-order valence-electron chi connectivity index (χ4n) is 5.09. The molecule has 3 heterocycles.